The molecule has 0 unspecified atom stereocenters. The Kier molecular flexibility index (Phi) is 5.07. The molecule has 0 atom stereocenters. The molecular weight excluding hydrogens is 332 g/mol. The predicted octanol–water partition coefficient (Wildman–Crippen LogP) is 4.79. The van der Waals surface area contributed by atoms with Crippen molar-refractivity contribution in [3.05, 3.63) is 76.1 Å². The largest absolute Gasteiger partial charge is 0.434 e. The highest BCUT2D eigenvalue weighted by molar-refractivity contribution is 5.70. The van der Waals surface area contributed by atoms with Gasteiger partial charge in [0.15, 0.2) is 0 Å². The summed E-state index contributed by atoms with van der Waals surface area (Å²) in [6.07, 6.45) is 2.14. The summed E-state index contributed by atoms with van der Waals surface area (Å²) in [5.41, 5.74) is 2.51. The van der Waals surface area contributed by atoms with Gasteiger partial charge in [-0.1, -0.05) is 37.3 Å². The van der Waals surface area contributed by atoms with Gasteiger partial charge in [-0.2, -0.15) is 4.98 Å². The molecule has 0 spiro atoms. The minimum absolute atomic E-state index is 0.0829. The molecule has 0 aliphatic carbocycles. The number of rotatable bonds is 6. The van der Waals surface area contributed by atoms with Crippen molar-refractivity contribution >= 4 is 17.2 Å². The van der Waals surface area contributed by atoms with Gasteiger partial charge in [-0.05, 0) is 42.7 Å². The quantitative estimate of drug-likeness (QED) is 0.508. The lowest BCUT2D eigenvalue weighted by Gasteiger charge is -2.11. The summed E-state index contributed by atoms with van der Waals surface area (Å²) in [5.74, 6) is 0.454. The van der Waals surface area contributed by atoms with Gasteiger partial charge in [-0.15, -0.1) is 0 Å². The molecule has 0 aliphatic heterocycles. The van der Waals surface area contributed by atoms with Crippen LogP contribution in [0.25, 0.3) is 0 Å². The van der Waals surface area contributed by atoms with Gasteiger partial charge in [0.2, 0.25) is 5.82 Å². The van der Waals surface area contributed by atoms with E-state index in [4.69, 9.17) is 4.74 Å². The van der Waals surface area contributed by atoms with Gasteiger partial charge in [0.1, 0.15) is 12.1 Å². The summed E-state index contributed by atoms with van der Waals surface area (Å²) in [4.78, 5) is 19.0. The smallest absolute Gasteiger partial charge is 0.373 e. The van der Waals surface area contributed by atoms with Gasteiger partial charge >= 0.3 is 11.6 Å². The van der Waals surface area contributed by atoms with Crippen LogP contribution in [0.5, 0.6) is 11.6 Å². The lowest BCUT2D eigenvalue weighted by Crippen LogP contribution is -2.04. The van der Waals surface area contributed by atoms with Crippen molar-refractivity contribution in [1.82, 2.24) is 9.97 Å². The molecule has 7 heteroatoms. The first kappa shape index (κ1) is 17.3. The third kappa shape index (κ3) is 3.77. The minimum atomic E-state index is -0.545. The Hall–Kier alpha value is -3.48. The Labute approximate surface area is 150 Å². The fourth-order valence-corrected chi connectivity index (χ4v) is 2.44. The van der Waals surface area contributed by atoms with Crippen molar-refractivity contribution < 1.29 is 9.66 Å². The number of aryl methyl sites for hydroxylation is 2. The molecule has 0 saturated heterocycles. The van der Waals surface area contributed by atoms with Crippen molar-refractivity contribution in [2.45, 2.75) is 20.3 Å². The second kappa shape index (κ2) is 7.60. The summed E-state index contributed by atoms with van der Waals surface area (Å²) >= 11 is 0. The van der Waals surface area contributed by atoms with Gasteiger partial charge in [0.25, 0.3) is 0 Å². The zero-order valence-corrected chi connectivity index (χ0v) is 14.5. The average Bonchev–Trinajstić information content (AvgIpc) is 2.64. The van der Waals surface area contributed by atoms with Crippen LogP contribution in [0.3, 0.4) is 0 Å². The number of ether oxygens (including phenoxy) is 1. The maximum Gasteiger partial charge on any atom is 0.373 e. The first-order valence-electron chi connectivity index (χ1n) is 8.17. The molecule has 132 valence electrons. The summed E-state index contributed by atoms with van der Waals surface area (Å²) in [6.45, 7) is 3.96. The third-order valence-electron chi connectivity index (χ3n) is 3.92. The molecule has 0 aliphatic rings. The summed E-state index contributed by atoms with van der Waals surface area (Å²) in [5, 5.41) is 14.6. The third-order valence-corrected chi connectivity index (χ3v) is 3.92. The molecule has 0 saturated carbocycles. The van der Waals surface area contributed by atoms with E-state index in [9.17, 15) is 10.1 Å². The van der Waals surface area contributed by atoms with Crippen LogP contribution in [0, 0.1) is 17.0 Å². The normalized spacial score (nSPS) is 10.4. The van der Waals surface area contributed by atoms with Gasteiger partial charge in [-0.3, -0.25) is 10.1 Å². The molecule has 0 bridgehead atoms. The number of hydrogen-bond donors (Lipinski definition) is 1. The fourth-order valence-electron chi connectivity index (χ4n) is 2.44. The number of aromatic nitrogens is 2. The van der Waals surface area contributed by atoms with Gasteiger partial charge in [0, 0.05) is 5.69 Å². The highest BCUT2D eigenvalue weighted by Gasteiger charge is 2.25. The first-order chi connectivity index (χ1) is 12.6. The lowest BCUT2D eigenvalue weighted by atomic mass is 10.2. The number of nitrogens with one attached hydrogen (secondary N) is 1. The van der Waals surface area contributed by atoms with Crippen molar-refractivity contribution in [3.63, 3.8) is 0 Å². The average molecular weight is 350 g/mol. The summed E-state index contributed by atoms with van der Waals surface area (Å²) < 4.78 is 5.65. The number of hydrogen-bond acceptors (Lipinski definition) is 6. The Bertz CT molecular complexity index is 926. The van der Waals surface area contributed by atoms with Crippen molar-refractivity contribution in [2.75, 3.05) is 5.32 Å². The highest BCUT2D eigenvalue weighted by Crippen LogP contribution is 2.35. The molecule has 0 fully saturated rings. The van der Waals surface area contributed by atoms with Crippen LogP contribution in [0.2, 0.25) is 0 Å². The zero-order valence-electron chi connectivity index (χ0n) is 14.5. The maximum absolute atomic E-state index is 11.6. The number of para-hydroxylation sites is 1. The molecule has 1 heterocycles. The van der Waals surface area contributed by atoms with E-state index in [0.717, 1.165) is 23.2 Å². The molecule has 0 radical (unpaired) electrons. The molecule has 0 amide bonds. The van der Waals surface area contributed by atoms with Crippen LogP contribution >= 0.6 is 0 Å². The van der Waals surface area contributed by atoms with E-state index in [2.05, 4.69) is 22.2 Å². The standard InChI is InChI=1S/C19H18N4O3/c1-3-14-8-10-15(11-9-14)26-19-17(23(24)25)18(20-12-21-19)22-16-7-5-4-6-13(16)2/h4-12H,3H2,1-2H3,(H,20,21,22). The van der Waals surface area contributed by atoms with E-state index in [-0.39, 0.29) is 17.4 Å². The van der Waals surface area contributed by atoms with Crippen LogP contribution < -0.4 is 10.1 Å². The molecule has 3 aromatic rings. The van der Waals surface area contributed by atoms with Crippen molar-refractivity contribution in [2.24, 2.45) is 0 Å². The predicted molar refractivity (Wildman–Crippen MR) is 99.0 cm³/mol. The zero-order chi connectivity index (χ0) is 18.5. The van der Waals surface area contributed by atoms with E-state index in [1.165, 1.54) is 6.33 Å². The molecule has 2 aromatic carbocycles. The van der Waals surface area contributed by atoms with Crippen molar-refractivity contribution in [3.8, 4) is 11.6 Å². The number of anilines is 2. The molecule has 7 nitrogen and oxygen atoms in total. The van der Waals surface area contributed by atoms with Crippen molar-refractivity contribution in [1.29, 1.82) is 0 Å². The molecule has 26 heavy (non-hydrogen) atoms. The second-order valence-electron chi connectivity index (χ2n) is 5.67. The number of nitrogens with zero attached hydrogens (tertiary/aromatic N) is 3. The second-order valence-corrected chi connectivity index (χ2v) is 5.67. The van der Waals surface area contributed by atoms with Gasteiger partial charge in [-0.25, -0.2) is 4.98 Å². The van der Waals surface area contributed by atoms with E-state index in [0.29, 0.717) is 5.75 Å². The topological polar surface area (TPSA) is 90.2 Å². The van der Waals surface area contributed by atoms with Crippen LogP contribution in [-0.2, 0) is 6.42 Å². The van der Waals surface area contributed by atoms with E-state index in [1.807, 2.05) is 43.3 Å². The highest BCUT2D eigenvalue weighted by atomic mass is 16.6. The van der Waals surface area contributed by atoms with Crippen LogP contribution in [0.4, 0.5) is 17.2 Å². The summed E-state index contributed by atoms with van der Waals surface area (Å²) in [6, 6.07) is 14.8. The van der Waals surface area contributed by atoms with Crippen LogP contribution in [0.15, 0.2) is 54.9 Å². The Morgan fingerprint density at radius 2 is 1.85 bits per heavy atom. The SMILES string of the molecule is CCc1ccc(Oc2ncnc(Nc3ccccc3C)c2[N+](=O)[O-])cc1. The fraction of sp³-hybridized carbons (Fsp3) is 0.158. The minimum Gasteiger partial charge on any atom is -0.434 e. The monoisotopic (exact) mass is 350 g/mol. The molecule has 1 N–H and O–H groups in total. The number of nitro groups is 1. The van der Waals surface area contributed by atoms with Gasteiger partial charge < -0.3 is 10.1 Å². The summed E-state index contributed by atoms with van der Waals surface area (Å²) in [7, 11) is 0. The van der Waals surface area contributed by atoms with E-state index >= 15 is 0 Å². The first-order valence-corrected chi connectivity index (χ1v) is 8.17. The number of benzene rings is 2. The van der Waals surface area contributed by atoms with Gasteiger partial charge in [0.05, 0.1) is 4.92 Å². The Morgan fingerprint density at radius 3 is 2.50 bits per heavy atom. The van der Waals surface area contributed by atoms with E-state index < -0.39 is 4.92 Å². The lowest BCUT2D eigenvalue weighted by molar-refractivity contribution is -0.385. The Balaban J connectivity index is 1.95. The van der Waals surface area contributed by atoms with E-state index in [1.54, 1.807) is 12.1 Å². The molecule has 3 rings (SSSR count). The maximum atomic E-state index is 11.6. The van der Waals surface area contributed by atoms with Crippen LogP contribution in [-0.4, -0.2) is 14.9 Å². The Morgan fingerprint density at radius 1 is 1.12 bits per heavy atom. The van der Waals surface area contributed by atoms with Crippen LogP contribution in [0.1, 0.15) is 18.1 Å². The molecular formula is C19H18N4O3. The molecule has 1 aromatic heterocycles.